The quantitative estimate of drug-likeness (QED) is 0.322. The van der Waals surface area contributed by atoms with Crippen LogP contribution in [0.2, 0.25) is 0 Å². The fourth-order valence-corrected chi connectivity index (χ4v) is 4.01. The Morgan fingerprint density at radius 1 is 0.943 bits per heavy atom. The molecule has 1 atom stereocenters. The van der Waals surface area contributed by atoms with Gasteiger partial charge in [-0.05, 0) is 67.1 Å². The molecular formula is C26H26N2O6S. The van der Waals surface area contributed by atoms with E-state index >= 15 is 0 Å². The number of methoxy groups -OCH3 is 1. The van der Waals surface area contributed by atoms with Crippen molar-refractivity contribution in [2.24, 2.45) is 0 Å². The van der Waals surface area contributed by atoms with Gasteiger partial charge >= 0.3 is 12.1 Å². The number of aryl methyl sites for hydroxylation is 1. The van der Waals surface area contributed by atoms with E-state index in [1.807, 2.05) is 19.1 Å². The summed E-state index contributed by atoms with van der Waals surface area (Å²) in [5, 5.41) is 14.2. The van der Waals surface area contributed by atoms with E-state index in [1.165, 1.54) is 0 Å². The summed E-state index contributed by atoms with van der Waals surface area (Å²) in [6.45, 7) is 1.82. The molecule has 0 heterocycles. The van der Waals surface area contributed by atoms with Gasteiger partial charge in [0.05, 0.1) is 13.7 Å². The zero-order valence-corrected chi connectivity index (χ0v) is 20.1. The monoisotopic (exact) mass is 494 g/mol. The highest BCUT2D eigenvalue weighted by atomic mass is 32.2. The first-order valence-corrected chi connectivity index (χ1v) is 11.7. The molecule has 3 aromatic rings. The van der Waals surface area contributed by atoms with E-state index in [1.54, 1.807) is 67.8 Å². The normalized spacial score (nSPS) is 11.3. The highest BCUT2D eigenvalue weighted by Crippen LogP contribution is 2.27. The fraction of sp³-hybridized carbons (Fsp3) is 0.192. The number of carbonyl (C=O) groups excluding carboxylic acids is 2. The second-order valence-corrected chi connectivity index (χ2v) is 8.79. The second kappa shape index (κ2) is 12.5. The minimum absolute atomic E-state index is 0.0440. The molecule has 2 amide bonds. The number of carboxylic acid groups (broad SMARTS) is 1. The fourth-order valence-electron chi connectivity index (χ4n) is 3.08. The van der Waals surface area contributed by atoms with Gasteiger partial charge in [-0.1, -0.05) is 18.2 Å². The van der Waals surface area contributed by atoms with E-state index < -0.39 is 17.3 Å². The van der Waals surface area contributed by atoms with Crippen molar-refractivity contribution in [1.82, 2.24) is 0 Å². The summed E-state index contributed by atoms with van der Waals surface area (Å²) in [5.74, 6) is -0.611. The first kappa shape index (κ1) is 25.6. The zero-order valence-electron chi connectivity index (χ0n) is 19.3. The number of carbonyl (C=O) groups is 3. The largest absolute Gasteiger partial charge is 0.497 e. The topological polar surface area (TPSA) is 114 Å². The molecule has 0 aliphatic heterocycles. The molecule has 0 aliphatic rings. The minimum atomic E-state index is -1.00. The number of nitrogens with one attached hydrogen (secondary N) is 2. The number of hydrogen-bond donors (Lipinski definition) is 3. The number of benzene rings is 3. The van der Waals surface area contributed by atoms with Crippen LogP contribution < -0.4 is 15.4 Å². The van der Waals surface area contributed by atoms with Crippen LogP contribution in [0, 0.1) is 6.92 Å². The third-order valence-electron chi connectivity index (χ3n) is 5.01. The molecule has 0 fully saturated rings. The van der Waals surface area contributed by atoms with E-state index in [4.69, 9.17) is 9.47 Å². The van der Waals surface area contributed by atoms with Crippen LogP contribution in [0.4, 0.5) is 16.2 Å². The minimum Gasteiger partial charge on any atom is -0.497 e. The lowest BCUT2D eigenvalue weighted by atomic mass is 10.2. The predicted molar refractivity (Wildman–Crippen MR) is 135 cm³/mol. The Hall–Kier alpha value is -3.98. The maximum absolute atomic E-state index is 12.4. The first-order valence-electron chi connectivity index (χ1n) is 10.8. The lowest BCUT2D eigenvalue weighted by Gasteiger charge is -2.14. The number of anilines is 2. The Morgan fingerprint density at radius 3 is 2.26 bits per heavy atom. The number of rotatable bonds is 10. The van der Waals surface area contributed by atoms with Crippen molar-refractivity contribution in [3.8, 4) is 5.75 Å². The molecule has 0 aliphatic carbocycles. The molecular weight excluding hydrogens is 468 g/mol. The first-order chi connectivity index (χ1) is 16.9. The molecule has 0 saturated heterocycles. The van der Waals surface area contributed by atoms with Crippen LogP contribution in [0.3, 0.4) is 0 Å². The Balaban J connectivity index is 1.49. The standard InChI is InChI=1S/C26H26N2O6S/c1-17-5-3-4-6-22(17)28-26(32)34-16-15-23(25(30)31)35-21-13-9-19(10-14-21)27-24(29)18-7-11-20(33-2)12-8-18/h3-14,23H,15-16H2,1-2H3,(H,27,29)(H,28,32)(H,30,31). The molecule has 3 N–H and O–H groups in total. The van der Waals surface area contributed by atoms with Crippen molar-refractivity contribution in [2.75, 3.05) is 24.4 Å². The maximum atomic E-state index is 12.4. The van der Waals surface area contributed by atoms with E-state index in [2.05, 4.69) is 10.6 Å². The molecule has 8 nitrogen and oxygen atoms in total. The summed E-state index contributed by atoms with van der Waals surface area (Å²) < 4.78 is 10.2. The third kappa shape index (κ3) is 7.79. The van der Waals surface area contributed by atoms with Crippen molar-refractivity contribution >= 4 is 41.1 Å². The summed E-state index contributed by atoms with van der Waals surface area (Å²) in [6.07, 6.45) is -0.498. The van der Waals surface area contributed by atoms with E-state index in [0.29, 0.717) is 27.6 Å². The molecule has 0 bridgehead atoms. The van der Waals surface area contributed by atoms with Crippen LogP contribution in [0.15, 0.2) is 77.7 Å². The summed E-state index contributed by atoms with van der Waals surface area (Å²) in [7, 11) is 1.56. The van der Waals surface area contributed by atoms with Gasteiger partial charge in [-0.15, -0.1) is 11.8 Å². The van der Waals surface area contributed by atoms with Crippen molar-refractivity contribution in [3.63, 3.8) is 0 Å². The van der Waals surface area contributed by atoms with Gasteiger partial charge in [0, 0.05) is 28.3 Å². The van der Waals surface area contributed by atoms with Gasteiger partial charge in [-0.2, -0.15) is 0 Å². The highest BCUT2D eigenvalue weighted by molar-refractivity contribution is 8.00. The Labute approximate surface area is 207 Å². The molecule has 0 spiro atoms. The smallest absolute Gasteiger partial charge is 0.411 e. The molecule has 3 aromatic carbocycles. The van der Waals surface area contributed by atoms with Crippen molar-refractivity contribution in [1.29, 1.82) is 0 Å². The predicted octanol–water partition coefficient (Wildman–Crippen LogP) is 5.44. The number of aliphatic carboxylic acids is 1. The molecule has 0 radical (unpaired) electrons. The van der Waals surface area contributed by atoms with Gasteiger partial charge in [0.15, 0.2) is 0 Å². The molecule has 1 unspecified atom stereocenters. The van der Waals surface area contributed by atoms with Crippen molar-refractivity contribution < 1.29 is 29.0 Å². The van der Waals surface area contributed by atoms with Gasteiger partial charge < -0.3 is 19.9 Å². The van der Waals surface area contributed by atoms with Gasteiger partial charge in [-0.25, -0.2) is 4.79 Å². The summed E-state index contributed by atoms with van der Waals surface area (Å²) in [4.78, 5) is 36.8. The van der Waals surface area contributed by atoms with Crippen LogP contribution in [0.5, 0.6) is 5.75 Å². The maximum Gasteiger partial charge on any atom is 0.411 e. The Kier molecular flexibility index (Phi) is 9.14. The third-order valence-corrected chi connectivity index (χ3v) is 6.28. The molecule has 35 heavy (non-hydrogen) atoms. The lowest BCUT2D eigenvalue weighted by molar-refractivity contribution is -0.136. The van der Waals surface area contributed by atoms with Crippen molar-refractivity contribution in [2.45, 2.75) is 23.5 Å². The van der Waals surface area contributed by atoms with Crippen molar-refractivity contribution in [3.05, 3.63) is 83.9 Å². The van der Waals surface area contributed by atoms with Crippen LogP contribution in [0.25, 0.3) is 0 Å². The van der Waals surface area contributed by atoms with Gasteiger partial charge in [0.1, 0.15) is 11.0 Å². The van der Waals surface area contributed by atoms with Gasteiger partial charge in [0.25, 0.3) is 5.91 Å². The number of para-hydroxylation sites is 1. The average molecular weight is 495 g/mol. The summed E-state index contributed by atoms with van der Waals surface area (Å²) >= 11 is 1.15. The Morgan fingerprint density at radius 2 is 1.63 bits per heavy atom. The van der Waals surface area contributed by atoms with E-state index in [9.17, 15) is 19.5 Å². The molecule has 0 saturated carbocycles. The number of carboxylic acids is 1. The molecule has 182 valence electrons. The van der Waals surface area contributed by atoms with Gasteiger partial charge in [0.2, 0.25) is 0 Å². The summed E-state index contributed by atoms with van der Waals surface area (Å²) in [6, 6.07) is 20.9. The van der Waals surface area contributed by atoms with E-state index in [-0.39, 0.29) is 18.9 Å². The molecule has 0 aromatic heterocycles. The van der Waals surface area contributed by atoms with Gasteiger partial charge in [-0.3, -0.25) is 14.9 Å². The van der Waals surface area contributed by atoms with E-state index in [0.717, 1.165) is 17.3 Å². The van der Waals surface area contributed by atoms with Crippen LogP contribution in [0.1, 0.15) is 22.3 Å². The number of thioether (sulfide) groups is 1. The number of ether oxygens (including phenoxy) is 2. The average Bonchev–Trinajstić information content (AvgIpc) is 2.86. The second-order valence-electron chi connectivity index (χ2n) is 7.52. The van der Waals surface area contributed by atoms with Crippen LogP contribution in [-0.4, -0.2) is 42.0 Å². The zero-order chi connectivity index (χ0) is 25.2. The number of hydrogen-bond acceptors (Lipinski definition) is 6. The lowest BCUT2D eigenvalue weighted by Crippen LogP contribution is -2.21. The SMILES string of the molecule is COc1ccc(C(=O)Nc2ccc(SC(CCOC(=O)Nc3ccccc3C)C(=O)O)cc2)cc1. The van der Waals surface area contributed by atoms with Crippen LogP contribution in [-0.2, 0) is 9.53 Å². The molecule has 3 rings (SSSR count). The van der Waals surface area contributed by atoms with Crippen LogP contribution >= 0.6 is 11.8 Å². The summed E-state index contributed by atoms with van der Waals surface area (Å²) in [5.41, 5.74) is 2.60. The number of amides is 2. The molecule has 9 heteroatoms. The Bertz CT molecular complexity index is 1170. The highest BCUT2D eigenvalue weighted by Gasteiger charge is 2.20.